The molecule has 0 bridgehead atoms. The summed E-state index contributed by atoms with van der Waals surface area (Å²) in [5, 5.41) is 9.24. The monoisotopic (exact) mass is 282 g/mol. The molecule has 0 aromatic heterocycles. The van der Waals surface area contributed by atoms with Gasteiger partial charge in [-0.2, -0.15) is 0 Å². The minimum Gasteiger partial charge on any atom is -0.478 e. The summed E-state index contributed by atoms with van der Waals surface area (Å²) < 4.78 is 35.9. The van der Waals surface area contributed by atoms with Crippen LogP contribution in [0.3, 0.4) is 0 Å². The molecule has 2 atom stereocenters. The lowest BCUT2D eigenvalue weighted by molar-refractivity contribution is 0.0201. The van der Waals surface area contributed by atoms with Crippen molar-refractivity contribution in [3.63, 3.8) is 0 Å². The highest BCUT2D eigenvalue weighted by Gasteiger charge is 2.21. The summed E-state index contributed by atoms with van der Waals surface area (Å²) in [6, 6.07) is -2.82. The van der Waals surface area contributed by atoms with Crippen LogP contribution in [0.4, 0.5) is 0 Å². The lowest BCUT2D eigenvalue weighted by Gasteiger charge is -2.20. The normalized spacial score (nSPS) is 16.4. The fraction of sp³-hybridized carbons (Fsp3) is 0.500. The Morgan fingerprint density at radius 3 is 2.45 bits per heavy atom. The molecule has 2 unspecified atom stereocenters. The van der Waals surface area contributed by atoms with Crippen LogP contribution in [0.1, 0.15) is 66.2 Å². The van der Waals surface area contributed by atoms with Gasteiger partial charge < -0.3 is 9.84 Å². The SMILES string of the molecule is [2H]c1c([2H])c([2H])c(C(=O)OC(C)C(C)CCCC)c(C(=O)O)c1[2H]. The van der Waals surface area contributed by atoms with Crippen LogP contribution in [0.5, 0.6) is 0 Å². The van der Waals surface area contributed by atoms with Crippen molar-refractivity contribution in [2.45, 2.75) is 46.1 Å². The van der Waals surface area contributed by atoms with Crippen molar-refractivity contribution < 1.29 is 24.9 Å². The Morgan fingerprint density at radius 1 is 1.30 bits per heavy atom. The standard InChI is InChI=1S/C16H22O4/c1-4-5-8-11(2)12(3)20-16(19)14-10-7-6-9-13(14)15(17)18/h6-7,9-12H,4-5,8H2,1-3H3,(H,17,18)/i6D,7D,9D,10D. The quantitative estimate of drug-likeness (QED) is 0.773. The fourth-order valence-corrected chi connectivity index (χ4v) is 1.73. The number of hydrogen-bond donors (Lipinski definition) is 1. The maximum absolute atomic E-state index is 12.4. The first-order valence-corrected chi connectivity index (χ1v) is 6.68. The van der Waals surface area contributed by atoms with E-state index in [1.54, 1.807) is 6.92 Å². The van der Waals surface area contributed by atoms with Gasteiger partial charge in [-0.05, 0) is 31.3 Å². The molecular formula is C16H22O4. The van der Waals surface area contributed by atoms with E-state index in [4.69, 9.17) is 10.2 Å². The average molecular weight is 282 g/mol. The molecule has 1 aromatic carbocycles. The van der Waals surface area contributed by atoms with Gasteiger partial charge in [0, 0.05) is 0 Å². The van der Waals surface area contributed by atoms with Gasteiger partial charge in [-0.25, -0.2) is 9.59 Å². The molecule has 4 nitrogen and oxygen atoms in total. The summed E-state index contributed by atoms with van der Waals surface area (Å²) in [5.74, 6) is -2.59. The van der Waals surface area contributed by atoms with Crippen molar-refractivity contribution >= 4 is 11.9 Å². The van der Waals surface area contributed by atoms with Gasteiger partial charge in [-0.1, -0.05) is 38.8 Å². The number of carboxylic acids is 1. The molecule has 0 aliphatic heterocycles. The van der Waals surface area contributed by atoms with E-state index in [0.29, 0.717) is 0 Å². The van der Waals surface area contributed by atoms with Crippen LogP contribution in [-0.4, -0.2) is 23.1 Å². The highest BCUT2D eigenvalue weighted by atomic mass is 16.5. The second-order valence-corrected chi connectivity index (χ2v) is 4.79. The predicted molar refractivity (Wildman–Crippen MR) is 77.0 cm³/mol. The zero-order chi connectivity index (χ0) is 18.6. The highest BCUT2D eigenvalue weighted by Crippen LogP contribution is 2.18. The van der Waals surface area contributed by atoms with Crippen molar-refractivity contribution in [1.29, 1.82) is 0 Å². The van der Waals surface area contributed by atoms with Gasteiger partial charge >= 0.3 is 11.9 Å². The van der Waals surface area contributed by atoms with Gasteiger partial charge in [-0.15, -0.1) is 0 Å². The molecule has 0 radical (unpaired) electrons. The second kappa shape index (κ2) is 7.68. The summed E-state index contributed by atoms with van der Waals surface area (Å²) in [5.41, 5.74) is -1.40. The first kappa shape index (κ1) is 10.9. The van der Waals surface area contributed by atoms with E-state index in [1.165, 1.54) is 0 Å². The van der Waals surface area contributed by atoms with Crippen molar-refractivity contribution in [1.82, 2.24) is 0 Å². The van der Waals surface area contributed by atoms with Crippen molar-refractivity contribution in [3.8, 4) is 0 Å². The summed E-state index contributed by atoms with van der Waals surface area (Å²) >= 11 is 0. The molecule has 1 N–H and O–H groups in total. The fourth-order valence-electron chi connectivity index (χ4n) is 1.73. The first-order chi connectivity index (χ1) is 11.1. The molecule has 0 saturated carbocycles. The van der Waals surface area contributed by atoms with Gasteiger partial charge in [0.05, 0.1) is 16.6 Å². The molecule has 0 fully saturated rings. The summed E-state index contributed by atoms with van der Waals surface area (Å²) in [6.45, 7) is 5.64. The molecule has 0 saturated heterocycles. The second-order valence-electron chi connectivity index (χ2n) is 4.79. The van der Waals surface area contributed by atoms with Crippen molar-refractivity contribution in [3.05, 3.63) is 35.3 Å². The first-order valence-electron chi connectivity index (χ1n) is 8.68. The molecule has 1 aromatic rings. The van der Waals surface area contributed by atoms with Gasteiger partial charge in [-0.3, -0.25) is 0 Å². The maximum Gasteiger partial charge on any atom is 0.339 e. The zero-order valence-corrected chi connectivity index (χ0v) is 11.9. The number of esters is 1. The number of carbonyl (C=O) groups excluding carboxylic acids is 1. The lowest BCUT2D eigenvalue weighted by Crippen LogP contribution is -2.23. The molecule has 20 heavy (non-hydrogen) atoms. The molecule has 4 heteroatoms. The Labute approximate surface area is 125 Å². The van der Waals surface area contributed by atoms with Crippen LogP contribution >= 0.6 is 0 Å². The van der Waals surface area contributed by atoms with Gasteiger partial charge in [0.2, 0.25) is 0 Å². The van der Waals surface area contributed by atoms with Gasteiger partial charge in [0.25, 0.3) is 0 Å². The number of aromatic carboxylic acids is 1. The third-order valence-electron chi connectivity index (χ3n) is 3.21. The Balaban J connectivity index is 3.21. The molecule has 0 amide bonds. The molecule has 1 rings (SSSR count). The largest absolute Gasteiger partial charge is 0.478 e. The predicted octanol–water partition coefficient (Wildman–Crippen LogP) is 3.76. The average Bonchev–Trinajstić information content (AvgIpc) is 2.52. The number of hydrogen-bond acceptors (Lipinski definition) is 3. The van der Waals surface area contributed by atoms with Crippen LogP contribution in [0, 0.1) is 5.92 Å². The number of rotatable bonds is 7. The number of benzene rings is 1. The zero-order valence-electron chi connectivity index (χ0n) is 15.9. The Morgan fingerprint density at radius 2 is 1.90 bits per heavy atom. The Bertz CT molecular complexity index is 646. The van der Waals surface area contributed by atoms with E-state index in [1.807, 2.05) is 13.8 Å². The van der Waals surface area contributed by atoms with E-state index >= 15 is 0 Å². The van der Waals surface area contributed by atoms with Crippen LogP contribution < -0.4 is 0 Å². The summed E-state index contributed by atoms with van der Waals surface area (Å²) in [6.07, 6.45) is 2.31. The van der Waals surface area contributed by atoms with E-state index in [0.717, 1.165) is 19.3 Å². The topological polar surface area (TPSA) is 63.6 Å². The molecule has 110 valence electrons. The van der Waals surface area contributed by atoms with Crippen molar-refractivity contribution in [2.24, 2.45) is 5.92 Å². The number of unbranched alkanes of at least 4 members (excludes halogenated alkanes) is 1. The minimum atomic E-state index is -1.60. The smallest absolute Gasteiger partial charge is 0.339 e. The van der Waals surface area contributed by atoms with Crippen LogP contribution in [0.25, 0.3) is 0 Å². The van der Waals surface area contributed by atoms with E-state index in [2.05, 4.69) is 0 Å². The highest BCUT2D eigenvalue weighted by molar-refractivity contribution is 6.02. The molecule has 0 aliphatic carbocycles. The van der Waals surface area contributed by atoms with Crippen LogP contribution in [0.15, 0.2) is 24.2 Å². The van der Waals surface area contributed by atoms with Crippen molar-refractivity contribution in [2.75, 3.05) is 0 Å². The minimum absolute atomic E-state index is 0.0535. The number of ether oxygens (including phenoxy) is 1. The molecule has 0 heterocycles. The lowest BCUT2D eigenvalue weighted by atomic mass is 9.99. The third-order valence-corrected chi connectivity index (χ3v) is 3.21. The molecule has 0 aliphatic rings. The summed E-state index contributed by atoms with van der Waals surface area (Å²) in [4.78, 5) is 23.7. The maximum atomic E-state index is 12.4. The van der Waals surface area contributed by atoms with E-state index in [9.17, 15) is 14.7 Å². The van der Waals surface area contributed by atoms with Gasteiger partial charge in [0.1, 0.15) is 6.10 Å². The Hall–Kier alpha value is -1.84. The third kappa shape index (κ3) is 4.37. The number of carboxylic acid groups (broad SMARTS) is 1. The van der Waals surface area contributed by atoms with Crippen LogP contribution in [0.2, 0.25) is 0 Å². The van der Waals surface area contributed by atoms with E-state index < -0.39 is 53.3 Å². The number of carbonyl (C=O) groups is 2. The summed E-state index contributed by atoms with van der Waals surface area (Å²) in [7, 11) is 0. The van der Waals surface area contributed by atoms with E-state index in [-0.39, 0.29) is 5.92 Å². The van der Waals surface area contributed by atoms with Crippen LogP contribution in [-0.2, 0) is 4.74 Å². The molecular weight excluding hydrogens is 256 g/mol. The molecule has 0 spiro atoms. The van der Waals surface area contributed by atoms with Gasteiger partial charge in [0.15, 0.2) is 0 Å². The Kier molecular flexibility index (Phi) is 4.18.